The molecule has 0 atom stereocenters. The molecule has 170 valence electrons. The minimum Gasteiger partial charge on any atom is -0.465 e. The maximum absolute atomic E-state index is 11.2. The Hall–Kier alpha value is -2.45. The van der Waals surface area contributed by atoms with Crippen LogP contribution in [0, 0.1) is 0 Å². The number of nitrogens with zero attached hydrogens (tertiary/aromatic N) is 3. The molecule has 0 saturated carbocycles. The number of aromatic nitrogens is 3. The van der Waals surface area contributed by atoms with Gasteiger partial charge in [0.15, 0.2) is 17.3 Å². The molecule has 1 aromatic carbocycles. The molecule has 0 aliphatic rings. The van der Waals surface area contributed by atoms with Gasteiger partial charge in [-0.3, -0.25) is 5.32 Å². The molecule has 0 aliphatic heterocycles. The number of benzene rings is 1. The van der Waals surface area contributed by atoms with Gasteiger partial charge in [0.25, 0.3) is 0 Å². The second kappa shape index (κ2) is 8.83. The second-order valence-electron chi connectivity index (χ2n) is 9.55. The molecule has 2 aromatic heterocycles. The molecule has 0 radical (unpaired) electrons. The zero-order valence-corrected chi connectivity index (χ0v) is 21.2. The summed E-state index contributed by atoms with van der Waals surface area (Å²) >= 11 is 9.58. The van der Waals surface area contributed by atoms with Crippen LogP contribution in [0.25, 0.3) is 22.7 Å². The molecule has 0 spiro atoms. The molecule has 0 unspecified atom stereocenters. The van der Waals surface area contributed by atoms with Crippen molar-refractivity contribution < 1.29 is 14.4 Å². The molecule has 7 nitrogen and oxygen atoms in total. The van der Waals surface area contributed by atoms with Gasteiger partial charge < -0.3 is 9.63 Å². The van der Waals surface area contributed by atoms with Gasteiger partial charge in [-0.05, 0) is 43.5 Å². The molecule has 0 bridgehead atoms. The van der Waals surface area contributed by atoms with Gasteiger partial charge in [-0.1, -0.05) is 58.8 Å². The van der Waals surface area contributed by atoms with Crippen LogP contribution in [0.5, 0.6) is 0 Å². The van der Waals surface area contributed by atoms with Crippen molar-refractivity contribution in [2.75, 3.05) is 5.32 Å². The van der Waals surface area contributed by atoms with E-state index in [1.54, 1.807) is 6.07 Å². The minimum absolute atomic E-state index is 0.0623. The van der Waals surface area contributed by atoms with E-state index in [2.05, 4.69) is 77.9 Å². The summed E-state index contributed by atoms with van der Waals surface area (Å²) < 4.78 is 6.04. The van der Waals surface area contributed by atoms with Crippen LogP contribution in [0.3, 0.4) is 0 Å². The van der Waals surface area contributed by atoms with Crippen LogP contribution in [0.2, 0.25) is 0 Å². The molecular weight excluding hydrogens is 496 g/mol. The number of amides is 1. The molecule has 0 aliphatic carbocycles. The average molecular weight is 522 g/mol. The maximum atomic E-state index is 11.2. The highest BCUT2D eigenvalue weighted by molar-refractivity contribution is 9.10. The number of rotatable bonds is 4. The van der Waals surface area contributed by atoms with Crippen LogP contribution < -0.4 is 5.32 Å². The summed E-state index contributed by atoms with van der Waals surface area (Å²) in [6.07, 6.45) is 0.161. The molecule has 2 heterocycles. The number of carboxylic acid groups (broad SMARTS) is 1. The summed E-state index contributed by atoms with van der Waals surface area (Å²) in [6.45, 7) is 13.0. The third kappa shape index (κ3) is 4.96. The minimum atomic E-state index is -1.25. The molecule has 9 heteroatoms. The van der Waals surface area contributed by atoms with Crippen LogP contribution in [0.1, 0.15) is 58.2 Å². The van der Waals surface area contributed by atoms with E-state index in [9.17, 15) is 4.79 Å². The predicted octanol–water partition coefficient (Wildman–Crippen LogP) is 6.98. The highest BCUT2D eigenvalue weighted by Crippen LogP contribution is 2.43. The Morgan fingerprint density at radius 3 is 2.38 bits per heavy atom. The first-order valence-corrected chi connectivity index (χ1v) is 11.4. The average Bonchev–Trinajstić information content (AvgIpc) is 3.16. The van der Waals surface area contributed by atoms with Gasteiger partial charge in [0, 0.05) is 17.5 Å². The van der Waals surface area contributed by atoms with Crippen molar-refractivity contribution in [3.63, 3.8) is 0 Å². The van der Waals surface area contributed by atoms with Gasteiger partial charge in [0.05, 0.1) is 6.20 Å². The van der Waals surface area contributed by atoms with Crippen LogP contribution in [0.15, 0.2) is 33.5 Å². The number of hydrogen-bond donors (Lipinski definition) is 2. The summed E-state index contributed by atoms with van der Waals surface area (Å²) in [5.41, 5.74) is 4.90. The van der Waals surface area contributed by atoms with Gasteiger partial charge in [-0.2, -0.15) is 0 Å². The van der Waals surface area contributed by atoms with Crippen LogP contribution >= 0.6 is 27.5 Å². The largest absolute Gasteiger partial charge is 0.465 e. The Labute approximate surface area is 200 Å². The van der Waals surface area contributed by atoms with E-state index in [1.165, 1.54) is 11.8 Å². The lowest BCUT2D eigenvalue weighted by Crippen LogP contribution is -2.25. The summed E-state index contributed by atoms with van der Waals surface area (Å²) in [6, 6.07) is 5.79. The highest BCUT2D eigenvalue weighted by Gasteiger charge is 2.31. The lowest BCUT2D eigenvalue weighted by molar-refractivity contribution is 0.209. The zero-order chi connectivity index (χ0) is 23.8. The maximum Gasteiger partial charge on any atom is 0.410 e. The van der Waals surface area contributed by atoms with Crippen molar-refractivity contribution in [3.05, 3.63) is 45.7 Å². The highest BCUT2D eigenvalue weighted by atomic mass is 79.9. The third-order valence-corrected chi connectivity index (χ3v) is 5.59. The number of halogens is 2. The van der Waals surface area contributed by atoms with Crippen molar-refractivity contribution >= 4 is 39.4 Å². The number of hydrogen-bond acceptors (Lipinski definition) is 5. The topological polar surface area (TPSA) is 101 Å². The Morgan fingerprint density at radius 2 is 1.81 bits per heavy atom. The van der Waals surface area contributed by atoms with E-state index < -0.39 is 6.09 Å². The Balaban J connectivity index is 2.23. The summed E-state index contributed by atoms with van der Waals surface area (Å²) in [7, 11) is 0. The van der Waals surface area contributed by atoms with E-state index in [0.29, 0.717) is 21.9 Å². The molecular formula is C23H26BrClN4O3. The SMILES string of the molecule is CC(C)(C)c1c(CCl)ccc(-c2cc(-c3nc(Br)cnc3NC(=O)O)on2)c1C(C)(C)C. The summed E-state index contributed by atoms with van der Waals surface area (Å²) in [5, 5.41) is 15.7. The van der Waals surface area contributed by atoms with E-state index in [4.69, 9.17) is 21.2 Å². The lowest BCUT2D eigenvalue weighted by Gasteiger charge is -2.34. The molecule has 3 rings (SSSR count). The quantitative estimate of drug-likeness (QED) is 0.359. The number of alkyl halides is 1. The van der Waals surface area contributed by atoms with Crippen LogP contribution in [0.4, 0.5) is 10.6 Å². The van der Waals surface area contributed by atoms with Crippen LogP contribution in [-0.4, -0.2) is 26.3 Å². The first-order chi connectivity index (χ1) is 14.8. The fraction of sp³-hybridized carbons (Fsp3) is 0.391. The van der Waals surface area contributed by atoms with Gasteiger partial charge in [0.2, 0.25) is 0 Å². The third-order valence-electron chi connectivity index (χ3n) is 4.92. The second-order valence-corrected chi connectivity index (χ2v) is 10.6. The summed E-state index contributed by atoms with van der Waals surface area (Å²) in [4.78, 5) is 19.6. The monoisotopic (exact) mass is 520 g/mol. The summed E-state index contributed by atoms with van der Waals surface area (Å²) in [5.74, 6) is 0.779. The van der Waals surface area contributed by atoms with E-state index in [0.717, 1.165) is 16.7 Å². The van der Waals surface area contributed by atoms with Gasteiger partial charge in [-0.25, -0.2) is 14.8 Å². The van der Waals surface area contributed by atoms with E-state index >= 15 is 0 Å². The number of nitrogens with one attached hydrogen (secondary N) is 1. The normalized spacial score (nSPS) is 12.1. The molecule has 32 heavy (non-hydrogen) atoms. The molecule has 0 saturated heterocycles. The first kappa shape index (κ1) is 24.2. The first-order valence-electron chi connectivity index (χ1n) is 10.1. The van der Waals surface area contributed by atoms with Crippen molar-refractivity contribution in [3.8, 4) is 22.7 Å². The van der Waals surface area contributed by atoms with Crippen molar-refractivity contribution in [1.29, 1.82) is 0 Å². The molecule has 1 amide bonds. The smallest absolute Gasteiger partial charge is 0.410 e. The predicted molar refractivity (Wildman–Crippen MR) is 129 cm³/mol. The van der Waals surface area contributed by atoms with Crippen molar-refractivity contribution in [2.45, 2.75) is 58.3 Å². The van der Waals surface area contributed by atoms with Crippen LogP contribution in [-0.2, 0) is 16.7 Å². The number of anilines is 1. The molecule has 2 N–H and O–H groups in total. The van der Waals surface area contributed by atoms with Crippen molar-refractivity contribution in [2.24, 2.45) is 0 Å². The van der Waals surface area contributed by atoms with E-state index in [1.807, 2.05) is 12.1 Å². The fourth-order valence-electron chi connectivity index (χ4n) is 3.85. The Morgan fingerprint density at radius 1 is 1.16 bits per heavy atom. The van der Waals surface area contributed by atoms with E-state index in [-0.39, 0.29) is 22.3 Å². The molecule has 3 aromatic rings. The molecule has 0 fully saturated rings. The lowest BCUT2D eigenvalue weighted by atomic mass is 9.71. The fourth-order valence-corrected chi connectivity index (χ4v) is 4.35. The zero-order valence-electron chi connectivity index (χ0n) is 18.9. The number of carbonyl (C=O) groups is 1. The van der Waals surface area contributed by atoms with Crippen molar-refractivity contribution in [1.82, 2.24) is 15.1 Å². The van der Waals surface area contributed by atoms with Gasteiger partial charge in [-0.15, -0.1) is 11.6 Å². The Bertz CT molecular complexity index is 1160. The standard InChI is InChI=1S/C23H26BrClN4O3/c1-22(2,3)17-12(10-25)7-8-13(18(17)23(4,5)6)14-9-15(32-29-14)19-20(28-21(30)31)26-11-16(24)27-19/h7-9,11H,10H2,1-6H3,(H,26,28)(H,30,31). The van der Waals surface area contributed by atoms with Gasteiger partial charge >= 0.3 is 6.09 Å². The van der Waals surface area contributed by atoms with Gasteiger partial charge in [0.1, 0.15) is 10.3 Å². The Kier molecular flexibility index (Phi) is 6.67.